The van der Waals surface area contributed by atoms with Crippen LogP contribution in [0.25, 0.3) is 0 Å². The third-order valence-corrected chi connectivity index (χ3v) is 8.35. The SMILES string of the molecule is COc1ccc(NC(=O)COC(=O)c2cccc(N3C(=O)[C@@H]4[C@H]5C[C@@H]([C@@H](Cl)[C@H]5Cl)[C@H]4C3=O)c2)cc1. The summed E-state index contributed by atoms with van der Waals surface area (Å²) in [6.07, 6.45) is 0.675. The number of rotatable bonds is 6. The first kappa shape index (κ1) is 23.6. The maximum Gasteiger partial charge on any atom is 0.338 e. The molecule has 2 aromatic carbocycles. The first-order valence-corrected chi connectivity index (χ1v) is 12.0. The maximum atomic E-state index is 13.2. The van der Waals surface area contributed by atoms with E-state index in [2.05, 4.69) is 5.32 Å². The summed E-state index contributed by atoms with van der Waals surface area (Å²) < 4.78 is 10.2. The smallest absolute Gasteiger partial charge is 0.338 e. The Morgan fingerprint density at radius 1 is 1.00 bits per heavy atom. The number of alkyl halides is 2. The highest BCUT2D eigenvalue weighted by atomic mass is 35.5. The Bertz CT molecular complexity index is 1170. The van der Waals surface area contributed by atoms with E-state index >= 15 is 0 Å². The van der Waals surface area contributed by atoms with E-state index in [-0.39, 0.29) is 45.7 Å². The first-order chi connectivity index (χ1) is 16.8. The fraction of sp³-hybridized carbons (Fsp3) is 0.360. The third kappa shape index (κ3) is 4.04. The molecule has 1 heterocycles. The van der Waals surface area contributed by atoms with Crippen LogP contribution in [0.5, 0.6) is 5.75 Å². The number of carbonyl (C=O) groups is 4. The molecule has 3 aliphatic rings. The van der Waals surface area contributed by atoms with Crippen LogP contribution in [0.2, 0.25) is 0 Å². The molecule has 2 aromatic rings. The Morgan fingerprint density at radius 2 is 1.63 bits per heavy atom. The van der Waals surface area contributed by atoms with Crippen molar-refractivity contribution in [3.63, 3.8) is 0 Å². The van der Waals surface area contributed by atoms with Crippen molar-refractivity contribution in [2.45, 2.75) is 17.2 Å². The summed E-state index contributed by atoms with van der Waals surface area (Å²) in [6, 6.07) is 12.7. The van der Waals surface area contributed by atoms with E-state index in [1.807, 2.05) is 0 Å². The number of esters is 1. The summed E-state index contributed by atoms with van der Waals surface area (Å²) in [7, 11) is 1.54. The van der Waals surface area contributed by atoms with Crippen molar-refractivity contribution < 1.29 is 28.7 Å². The van der Waals surface area contributed by atoms with Gasteiger partial charge in [0.2, 0.25) is 11.8 Å². The number of benzene rings is 2. The van der Waals surface area contributed by atoms with Crippen LogP contribution in [0.3, 0.4) is 0 Å². The zero-order chi connectivity index (χ0) is 24.9. The number of hydrogen-bond acceptors (Lipinski definition) is 6. The minimum atomic E-state index is -0.752. The molecule has 1 aliphatic heterocycles. The van der Waals surface area contributed by atoms with E-state index in [4.69, 9.17) is 32.7 Å². The fourth-order valence-corrected chi connectivity index (χ4v) is 6.35. The van der Waals surface area contributed by atoms with Crippen molar-refractivity contribution in [3.05, 3.63) is 54.1 Å². The van der Waals surface area contributed by atoms with Gasteiger partial charge in [-0.05, 0) is 60.7 Å². The number of amides is 3. The molecule has 182 valence electrons. The minimum Gasteiger partial charge on any atom is -0.497 e. The zero-order valence-electron chi connectivity index (χ0n) is 18.6. The normalized spacial score (nSPS) is 28.7. The van der Waals surface area contributed by atoms with Crippen LogP contribution in [-0.2, 0) is 19.1 Å². The number of nitrogens with zero attached hydrogens (tertiary/aromatic N) is 1. The monoisotopic (exact) mass is 516 g/mol. The maximum absolute atomic E-state index is 13.2. The van der Waals surface area contributed by atoms with Crippen LogP contribution in [0.4, 0.5) is 11.4 Å². The number of imide groups is 1. The highest BCUT2D eigenvalue weighted by molar-refractivity contribution is 6.32. The molecule has 5 rings (SSSR count). The molecule has 0 radical (unpaired) electrons. The molecule has 3 amide bonds. The Morgan fingerprint density at radius 3 is 2.23 bits per heavy atom. The van der Waals surface area contributed by atoms with Gasteiger partial charge in [-0.15, -0.1) is 23.2 Å². The van der Waals surface area contributed by atoms with E-state index in [9.17, 15) is 19.2 Å². The molecule has 6 atom stereocenters. The second-order valence-electron chi connectivity index (χ2n) is 8.92. The standard InChI is InChI=1S/C25H22Cl2N2O6/c1-34-15-7-5-13(6-8-15)28-18(30)11-35-25(33)12-3-2-4-14(9-12)29-23(31)19-16-10-17(20(19)24(29)32)22(27)21(16)26/h2-9,16-17,19-22H,10-11H2,1H3,(H,28,30)/t16-,17-,19-,20-,21-,22+/m1/s1. The number of halogens is 2. The molecule has 35 heavy (non-hydrogen) atoms. The molecule has 1 N–H and O–H groups in total. The van der Waals surface area contributed by atoms with Crippen molar-refractivity contribution in [3.8, 4) is 5.75 Å². The predicted molar refractivity (Wildman–Crippen MR) is 129 cm³/mol. The summed E-state index contributed by atoms with van der Waals surface area (Å²) in [5, 5.41) is 1.94. The van der Waals surface area contributed by atoms with Crippen molar-refractivity contribution in [2.24, 2.45) is 23.7 Å². The number of ether oxygens (including phenoxy) is 2. The Labute approximate surface area is 211 Å². The lowest BCUT2D eigenvalue weighted by molar-refractivity contribution is -0.123. The number of anilines is 2. The van der Waals surface area contributed by atoms with Crippen LogP contribution in [0.15, 0.2) is 48.5 Å². The van der Waals surface area contributed by atoms with Crippen molar-refractivity contribution >= 4 is 58.3 Å². The highest BCUT2D eigenvalue weighted by Gasteiger charge is 2.66. The van der Waals surface area contributed by atoms with Gasteiger partial charge in [0.15, 0.2) is 6.61 Å². The first-order valence-electron chi connectivity index (χ1n) is 11.2. The Kier molecular flexibility index (Phi) is 6.19. The highest BCUT2D eigenvalue weighted by Crippen LogP contribution is 2.59. The summed E-state index contributed by atoms with van der Waals surface area (Å²) in [5.41, 5.74) is 0.923. The van der Waals surface area contributed by atoms with Gasteiger partial charge >= 0.3 is 5.97 Å². The second kappa shape index (κ2) is 9.17. The average molecular weight is 517 g/mol. The van der Waals surface area contributed by atoms with Crippen LogP contribution in [0, 0.1) is 23.7 Å². The lowest BCUT2D eigenvalue weighted by Gasteiger charge is -2.28. The molecule has 2 bridgehead atoms. The summed E-state index contributed by atoms with van der Waals surface area (Å²) in [5.74, 6) is -2.48. The van der Waals surface area contributed by atoms with E-state index in [0.29, 0.717) is 17.9 Å². The second-order valence-corrected chi connectivity index (χ2v) is 9.93. The van der Waals surface area contributed by atoms with E-state index in [1.165, 1.54) is 19.2 Å². The van der Waals surface area contributed by atoms with Gasteiger partial charge < -0.3 is 14.8 Å². The van der Waals surface area contributed by atoms with Crippen LogP contribution < -0.4 is 15.0 Å². The minimum absolute atomic E-state index is 0.116. The van der Waals surface area contributed by atoms with Gasteiger partial charge in [-0.1, -0.05) is 6.07 Å². The van der Waals surface area contributed by atoms with Gasteiger partial charge in [-0.2, -0.15) is 0 Å². The lowest BCUT2D eigenvalue weighted by Crippen LogP contribution is -2.37. The molecule has 0 aromatic heterocycles. The van der Waals surface area contributed by atoms with E-state index in [1.54, 1.807) is 36.4 Å². The summed E-state index contributed by atoms with van der Waals surface area (Å²) in [4.78, 5) is 52.2. The van der Waals surface area contributed by atoms with Crippen LogP contribution in [-0.4, -0.2) is 48.2 Å². The van der Waals surface area contributed by atoms with Crippen molar-refractivity contribution in [2.75, 3.05) is 23.9 Å². The van der Waals surface area contributed by atoms with Crippen LogP contribution in [0.1, 0.15) is 16.8 Å². The molecule has 8 nitrogen and oxygen atoms in total. The lowest BCUT2D eigenvalue weighted by atomic mass is 9.80. The van der Waals surface area contributed by atoms with Crippen LogP contribution >= 0.6 is 23.2 Å². The Balaban J connectivity index is 1.24. The summed E-state index contributed by atoms with van der Waals surface area (Å²) in [6.45, 7) is -0.502. The predicted octanol–water partition coefficient (Wildman–Crippen LogP) is 3.46. The van der Waals surface area contributed by atoms with E-state index in [0.717, 1.165) is 4.90 Å². The van der Waals surface area contributed by atoms with E-state index < -0.39 is 30.3 Å². The topological polar surface area (TPSA) is 102 Å². The van der Waals surface area contributed by atoms with Gasteiger partial charge in [0.1, 0.15) is 5.75 Å². The zero-order valence-corrected chi connectivity index (χ0v) is 20.2. The number of fused-ring (bicyclic) bond motifs is 5. The quantitative estimate of drug-likeness (QED) is 0.358. The molecular weight excluding hydrogens is 495 g/mol. The Hall–Kier alpha value is -3.10. The molecular formula is C25H22Cl2N2O6. The third-order valence-electron chi connectivity index (χ3n) is 7.04. The van der Waals surface area contributed by atoms with Crippen molar-refractivity contribution in [1.29, 1.82) is 0 Å². The average Bonchev–Trinajstić information content (AvgIpc) is 3.47. The molecule has 2 saturated carbocycles. The molecule has 1 saturated heterocycles. The van der Waals surface area contributed by atoms with Gasteiger partial charge in [-0.25, -0.2) is 4.79 Å². The number of carbonyl (C=O) groups excluding carboxylic acids is 4. The number of nitrogens with one attached hydrogen (secondary N) is 1. The van der Waals surface area contributed by atoms with Gasteiger partial charge in [0.05, 0.1) is 41.0 Å². The molecule has 0 spiro atoms. The van der Waals surface area contributed by atoms with Gasteiger partial charge in [0, 0.05) is 5.69 Å². The molecule has 0 unspecified atom stereocenters. The summed E-state index contributed by atoms with van der Waals surface area (Å²) >= 11 is 12.8. The van der Waals surface area contributed by atoms with Gasteiger partial charge in [0.25, 0.3) is 5.91 Å². The van der Waals surface area contributed by atoms with Crippen molar-refractivity contribution in [1.82, 2.24) is 0 Å². The van der Waals surface area contributed by atoms with Gasteiger partial charge in [-0.3, -0.25) is 19.3 Å². The molecule has 2 aliphatic carbocycles. The largest absolute Gasteiger partial charge is 0.497 e. The fourth-order valence-electron chi connectivity index (χ4n) is 5.46. The molecule has 3 fully saturated rings. The number of hydrogen-bond donors (Lipinski definition) is 1. The molecule has 10 heteroatoms. The number of methoxy groups -OCH3 is 1.